The molecule has 20 heavy (non-hydrogen) atoms. The zero-order chi connectivity index (χ0) is 14.4. The Kier molecular flexibility index (Phi) is 5.33. The van der Waals surface area contributed by atoms with E-state index in [4.69, 9.17) is 5.73 Å². The Morgan fingerprint density at radius 2 is 1.75 bits per heavy atom. The highest BCUT2D eigenvalue weighted by Crippen LogP contribution is 2.11. The van der Waals surface area contributed by atoms with Gasteiger partial charge in [0, 0.05) is 12.6 Å². The molecule has 0 saturated heterocycles. The average Bonchev–Trinajstić information content (AvgIpc) is 2.45. The molecule has 0 heterocycles. The summed E-state index contributed by atoms with van der Waals surface area (Å²) < 4.78 is 0. The molecule has 1 unspecified atom stereocenters. The van der Waals surface area contributed by atoms with Crippen LogP contribution in [0.15, 0.2) is 48.5 Å². The Balaban J connectivity index is 1.74. The lowest BCUT2D eigenvalue weighted by molar-refractivity contribution is 0.598. The summed E-state index contributed by atoms with van der Waals surface area (Å²) in [6.07, 6.45) is 1.04. The van der Waals surface area contributed by atoms with E-state index in [-0.39, 0.29) is 6.04 Å². The van der Waals surface area contributed by atoms with Crippen LogP contribution < -0.4 is 11.1 Å². The van der Waals surface area contributed by atoms with Crippen molar-refractivity contribution in [3.8, 4) is 0 Å². The predicted molar refractivity (Wildman–Crippen MR) is 85.9 cm³/mol. The van der Waals surface area contributed by atoms with Crippen molar-refractivity contribution in [2.45, 2.75) is 26.3 Å². The maximum absolute atomic E-state index is 6.20. The molecule has 0 aliphatic heterocycles. The van der Waals surface area contributed by atoms with Crippen LogP contribution in [0.2, 0.25) is 0 Å². The minimum Gasteiger partial charge on any atom is -0.323 e. The fourth-order valence-electron chi connectivity index (χ4n) is 2.26. The van der Waals surface area contributed by atoms with E-state index in [0.717, 1.165) is 19.5 Å². The topological polar surface area (TPSA) is 38.0 Å². The second-order valence-electron chi connectivity index (χ2n) is 5.46. The van der Waals surface area contributed by atoms with Gasteiger partial charge in [0.2, 0.25) is 0 Å². The number of hydrogen-bond donors (Lipinski definition) is 2. The molecule has 2 nitrogen and oxygen atoms in total. The SMILES string of the molecule is Cc1ccc(CCNCC(N)c2cccc(C)c2)cc1. The summed E-state index contributed by atoms with van der Waals surface area (Å²) in [6.45, 7) is 5.99. The third kappa shape index (κ3) is 4.48. The zero-order valence-corrected chi connectivity index (χ0v) is 12.4. The Morgan fingerprint density at radius 3 is 2.45 bits per heavy atom. The second kappa shape index (κ2) is 7.22. The lowest BCUT2D eigenvalue weighted by Gasteiger charge is -2.14. The number of benzene rings is 2. The first-order chi connectivity index (χ1) is 9.65. The third-order valence-corrected chi connectivity index (χ3v) is 3.55. The predicted octanol–water partition coefficient (Wildman–Crippen LogP) is 3.14. The van der Waals surface area contributed by atoms with Crippen molar-refractivity contribution >= 4 is 0 Å². The highest BCUT2D eigenvalue weighted by molar-refractivity contribution is 5.25. The minimum absolute atomic E-state index is 0.0629. The Hall–Kier alpha value is -1.64. The van der Waals surface area contributed by atoms with Gasteiger partial charge in [0.25, 0.3) is 0 Å². The van der Waals surface area contributed by atoms with E-state index in [1.54, 1.807) is 0 Å². The van der Waals surface area contributed by atoms with Gasteiger partial charge in [0.1, 0.15) is 0 Å². The molecule has 0 saturated carbocycles. The molecule has 0 bridgehead atoms. The lowest BCUT2D eigenvalue weighted by Crippen LogP contribution is -2.28. The van der Waals surface area contributed by atoms with Crippen molar-refractivity contribution in [1.29, 1.82) is 0 Å². The molecule has 106 valence electrons. The van der Waals surface area contributed by atoms with Gasteiger partial charge < -0.3 is 11.1 Å². The number of hydrogen-bond acceptors (Lipinski definition) is 2. The van der Waals surface area contributed by atoms with Crippen molar-refractivity contribution in [2.24, 2.45) is 5.73 Å². The van der Waals surface area contributed by atoms with Crippen LogP contribution in [-0.4, -0.2) is 13.1 Å². The molecule has 0 radical (unpaired) electrons. The van der Waals surface area contributed by atoms with Crippen LogP contribution in [0, 0.1) is 13.8 Å². The van der Waals surface area contributed by atoms with E-state index in [9.17, 15) is 0 Å². The van der Waals surface area contributed by atoms with E-state index in [2.05, 4.69) is 67.7 Å². The van der Waals surface area contributed by atoms with Crippen LogP contribution in [-0.2, 0) is 6.42 Å². The molecule has 3 N–H and O–H groups in total. The molecule has 0 aromatic heterocycles. The van der Waals surface area contributed by atoms with Crippen LogP contribution in [0.4, 0.5) is 0 Å². The van der Waals surface area contributed by atoms with E-state index < -0.39 is 0 Å². The van der Waals surface area contributed by atoms with Gasteiger partial charge in [-0.15, -0.1) is 0 Å². The molecule has 2 heteroatoms. The quantitative estimate of drug-likeness (QED) is 0.790. The Bertz CT molecular complexity index is 531. The number of nitrogens with two attached hydrogens (primary N) is 1. The minimum atomic E-state index is 0.0629. The van der Waals surface area contributed by atoms with Crippen LogP contribution in [0.1, 0.15) is 28.3 Å². The van der Waals surface area contributed by atoms with E-state index in [1.165, 1.54) is 22.3 Å². The van der Waals surface area contributed by atoms with Gasteiger partial charge in [0.05, 0.1) is 0 Å². The fraction of sp³-hybridized carbons (Fsp3) is 0.333. The van der Waals surface area contributed by atoms with Crippen LogP contribution in [0.25, 0.3) is 0 Å². The van der Waals surface area contributed by atoms with Crippen LogP contribution >= 0.6 is 0 Å². The van der Waals surface area contributed by atoms with Gasteiger partial charge in [-0.25, -0.2) is 0 Å². The summed E-state index contributed by atoms with van der Waals surface area (Å²) in [6, 6.07) is 17.2. The smallest absolute Gasteiger partial charge is 0.0421 e. The summed E-state index contributed by atoms with van der Waals surface area (Å²) in [5.74, 6) is 0. The average molecular weight is 268 g/mol. The second-order valence-corrected chi connectivity index (χ2v) is 5.46. The molecule has 0 aliphatic rings. The molecule has 1 atom stereocenters. The van der Waals surface area contributed by atoms with Gasteiger partial charge in [-0.2, -0.15) is 0 Å². The number of aryl methyl sites for hydroxylation is 2. The molecule has 2 rings (SSSR count). The highest BCUT2D eigenvalue weighted by Gasteiger charge is 2.05. The van der Waals surface area contributed by atoms with Gasteiger partial charge in [-0.3, -0.25) is 0 Å². The fourth-order valence-corrected chi connectivity index (χ4v) is 2.26. The van der Waals surface area contributed by atoms with E-state index in [0.29, 0.717) is 0 Å². The summed E-state index contributed by atoms with van der Waals surface area (Å²) in [5, 5.41) is 3.44. The molecule has 0 aliphatic carbocycles. The summed E-state index contributed by atoms with van der Waals surface area (Å²) in [4.78, 5) is 0. The Labute approximate surface area is 122 Å². The zero-order valence-electron chi connectivity index (χ0n) is 12.4. The van der Waals surface area contributed by atoms with Crippen molar-refractivity contribution < 1.29 is 0 Å². The monoisotopic (exact) mass is 268 g/mol. The maximum Gasteiger partial charge on any atom is 0.0421 e. The van der Waals surface area contributed by atoms with Crippen LogP contribution in [0.5, 0.6) is 0 Å². The van der Waals surface area contributed by atoms with Gasteiger partial charge in [-0.05, 0) is 37.9 Å². The van der Waals surface area contributed by atoms with Gasteiger partial charge in [0.15, 0.2) is 0 Å². The van der Waals surface area contributed by atoms with Crippen molar-refractivity contribution in [3.63, 3.8) is 0 Å². The third-order valence-electron chi connectivity index (χ3n) is 3.55. The number of rotatable bonds is 6. The molecule has 0 amide bonds. The normalized spacial score (nSPS) is 12.3. The highest BCUT2D eigenvalue weighted by atomic mass is 14.9. The molecule has 0 spiro atoms. The van der Waals surface area contributed by atoms with Gasteiger partial charge >= 0.3 is 0 Å². The molecule has 2 aromatic carbocycles. The molecule has 0 fully saturated rings. The molecular formula is C18H24N2. The standard InChI is InChI=1S/C18H24N2/c1-14-6-8-16(9-7-14)10-11-20-13-18(19)17-5-3-4-15(2)12-17/h3-9,12,18,20H,10-11,13,19H2,1-2H3. The van der Waals surface area contributed by atoms with Crippen molar-refractivity contribution in [2.75, 3.05) is 13.1 Å². The molecular weight excluding hydrogens is 244 g/mol. The molecule has 2 aromatic rings. The first-order valence-corrected chi connectivity index (χ1v) is 7.23. The van der Waals surface area contributed by atoms with Crippen molar-refractivity contribution in [3.05, 3.63) is 70.8 Å². The van der Waals surface area contributed by atoms with E-state index in [1.807, 2.05) is 0 Å². The first kappa shape index (κ1) is 14.8. The van der Waals surface area contributed by atoms with E-state index >= 15 is 0 Å². The summed E-state index contributed by atoms with van der Waals surface area (Å²) in [5.41, 5.74) is 11.3. The van der Waals surface area contributed by atoms with Gasteiger partial charge in [-0.1, -0.05) is 59.7 Å². The largest absolute Gasteiger partial charge is 0.323 e. The Morgan fingerprint density at radius 1 is 1.00 bits per heavy atom. The summed E-state index contributed by atoms with van der Waals surface area (Å²) in [7, 11) is 0. The number of nitrogens with one attached hydrogen (secondary N) is 1. The first-order valence-electron chi connectivity index (χ1n) is 7.23. The summed E-state index contributed by atoms with van der Waals surface area (Å²) >= 11 is 0. The lowest BCUT2D eigenvalue weighted by atomic mass is 10.1. The van der Waals surface area contributed by atoms with Crippen LogP contribution in [0.3, 0.4) is 0 Å². The maximum atomic E-state index is 6.20. The van der Waals surface area contributed by atoms with Crippen molar-refractivity contribution in [1.82, 2.24) is 5.32 Å².